The van der Waals surface area contributed by atoms with Crippen LogP contribution in [0.4, 0.5) is 5.95 Å². The third-order valence-electron chi connectivity index (χ3n) is 5.45. The molecule has 2 heterocycles. The second kappa shape index (κ2) is 8.22. The Morgan fingerprint density at radius 2 is 2.06 bits per heavy atom. The summed E-state index contributed by atoms with van der Waals surface area (Å²) >= 11 is 1.59. The van der Waals surface area contributed by atoms with Crippen molar-refractivity contribution in [2.24, 2.45) is 5.41 Å². The number of nitrogens with zero attached hydrogens (tertiary/aromatic N) is 3. The zero-order valence-corrected chi connectivity index (χ0v) is 19.8. The molecule has 1 aromatic heterocycles. The number of carbonyl (C=O) groups excluding carboxylic acids is 1. The molecule has 31 heavy (non-hydrogen) atoms. The number of fused-ring (bicyclic) bond motifs is 1. The fourth-order valence-corrected chi connectivity index (χ4v) is 4.85. The number of allylic oxidation sites excluding steroid dienone is 2. The number of benzene rings is 1. The molecule has 1 atom stereocenters. The van der Waals surface area contributed by atoms with E-state index in [0.29, 0.717) is 29.0 Å². The first-order valence-electron chi connectivity index (χ1n) is 10.7. The molecule has 1 unspecified atom stereocenters. The second-order valence-electron chi connectivity index (χ2n) is 9.03. The van der Waals surface area contributed by atoms with E-state index in [1.165, 1.54) is 0 Å². The van der Waals surface area contributed by atoms with Crippen LogP contribution in [-0.4, -0.2) is 39.5 Å². The molecule has 1 aliphatic carbocycles. The molecular weight excluding hydrogens is 412 g/mol. The molecule has 0 fully saturated rings. The minimum Gasteiger partial charge on any atom is -0.493 e. The van der Waals surface area contributed by atoms with Crippen molar-refractivity contribution in [1.82, 2.24) is 14.8 Å². The standard InChI is InChI=1S/C23H30N4O3S/c1-7-31-22-25-21-24-15-11-23(4,5)12-16(28)19(15)20(27(21)26-22)14-8-9-17(30-13(2)3)18(10-14)29-6/h8-10,13,20H,7,11-12H2,1-6H3,(H,24,25,26). The largest absolute Gasteiger partial charge is 0.493 e. The Morgan fingerprint density at radius 3 is 2.74 bits per heavy atom. The highest BCUT2D eigenvalue weighted by Crippen LogP contribution is 2.46. The number of Topliss-reactive ketones (excluding diaryl/α,β-unsaturated/α-hetero) is 1. The maximum Gasteiger partial charge on any atom is 0.227 e. The van der Waals surface area contributed by atoms with Crippen molar-refractivity contribution in [2.45, 2.75) is 64.8 Å². The van der Waals surface area contributed by atoms with Gasteiger partial charge in [0, 0.05) is 17.7 Å². The minimum atomic E-state index is -0.351. The van der Waals surface area contributed by atoms with Crippen molar-refractivity contribution in [3.05, 3.63) is 35.0 Å². The summed E-state index contributed by atoms with van der Waals surface area (Å²) in [5.74, 6) is 3.02. The van der Waals surface area contributed by atoms with Crippen molar-refractivity contribution < 1.29 is 14.3 Å². The van der Waals surface area contributed by atoms with E-state index in [9.17, 15) is 4.79 Å². The SMILES string of the molecule is CCSc1nc2n(n1)C(c1ccc(OC(C)C)c(OC)c1)C1=C(CC(C)(C)CC1=O)N2. The Morgan fingerprint density at radius 1 is 1.29 bits per heavy atom. The number of ketones is 1. The maximum absolute atomic E-state index is 13.3. The Bertz CT molecular complexity index is 1040. The van der Waals surface area contributed by atoms with Gasteiger partial charge in [0.2, 0.25) is 11.1 Å². The molecule has 8 heteroatoms. The van der Waals surface area contributed by atoms with Crippen LogP contribution >= 0.6 is 11.8 Å². The van der Waals surface area contributed by atoms with Crippen LogP contribution < -0.4 is 14.8 Å². The van der Waals surface area contributed by atoms with Crippen LogP contribution in [0.1, 0.15) is 59.1 Å². The summed E-state index contributed by atoms with van der Waals surface area (Å²) < 4.78 is 13.3. The predicted octanol–water partition coefficient (Wildman–Crippen LogP) is 4.84. The van der Waals surface area contributed by atoms with Gasteiger partial charge in [-0.2, -0.15) is 4.98 Å². The molecule has 1 aliphatic heterocycles. The van der Waals surface area contributed by atoms with Crippen LogP contribution in [0.25, 0.3) is 0 Å². The summed E-state index contributed by atoms with van der Waals surface area (Å²) in [6.07, 6.45) is 1.33. The van der Waals surface area contributed by atoms with Gasteiger partial charge in [-0.05, 0) is 49.1 Å². The molecule has 166 valence electrons. The second-order valence-corrected chi connectivity index (χ2v) is 10.3. The Balaban J connectivity index is 1.85. The van der Waals surface area contributed by atoms with E-state index in [-0.39, 0.29) is 23.3 Å². The van der Waals surface area contributed by atoms with Crippen LogP contribution in [-0.2, 0) is 4.79 Å². The third-order valence-corrected chi connectivity index (χ3v) is 6.17. The van der Waals surface area contributed by atoms with Crippen molar-refractivity contribution >= 4 is 23.5 Å². The van der Waals surface area contributed by atoms with E-state index in [1.807, 2.05) is 36.7 Å². The van der Waals surface area contributed by atoms with Crippen LogP contribution in [0.2, 0.25) is 0 Å². The highest BCUT2D eigenvalue weighted by atomic mass is 32.2. The summed E-state index contributed by atoms with van der Waals surface area (Å²) in [7, 11) is 1.63. The van der Waals surface area contributed by atoms with E-state index in [4.69, 9.17) is 14.6 Å². The topological polar surface area (TPSA) is 78.3 Å². The maximum atomic E-state index is 13.3. The molecule has 0 amide bonds. The quantitative estimate of drug-likeness (QED) is 0.641. The van der Waals surface area contributed by atoms with Gasteiger partial charge in [-0.15, -0.1) is 5.10 Å². The number of methoxy groups -OCH3 is 1. The van der Waals surface area contributed by atoms with Gasteiger partial charge in [0.25, 0.3) is 0 Å². The zero-order chi connectivity index (χ0) is 22.3. The lowest BCUT2D eigenvalue weighted by molar-refractivity contribution is -0.118. The van der Waals surface area contributed by atoms with Crippen molar-refractivity contribution in [2.75, 3.05) is 18.2 Å². The molecule has 4 rings (SSSR count). The lowest BCUT2D eigenvalue weighted by atomic mass is 9.73. The predicted molar refractivity (Wildman–Crippen MR) is 122 cm³/mol. The third kappa shape index (κ3) is 4.18. The molecular formula is C23H30N4O3S. The molecule has 7 nitrogen and oxygen atoms in total. The first-order chi connectivity index (χ1) is 14.7. The first-order valence-corrected chi connectivity index (χ1v) is 11.7. The van der Waals surface area contributed by atoms with Crippen LogP contribution in [0.3, 0.4) is 0 Å². The van der Waals surface area contributed by atoms with Gasteiger partial charge in [0.1, 0.15) is 6.04 Å². The van der Waals surface area contributed by atoms with Crippen molar-refractivity contribution in [3.63, 3.8) is 0 Å². The van der Waals surface area contributed by atoms with Gasteiger partial charge < -0.3 is 14.8 Å². The fourth-order valence-electron chi connectivity index (χ4n) is 4.29. The van der Waals surface area contributed by atoms with Gasteiger partial charge in [-0.1, -0.05) is 38.6 Å². The molecule has 0 saturated heterocycles. The number of anilines is 1. The number of nitrogens with one attached hydrogen (secondary N) is 1. The van der Waals surface area contributed by atoms with Crippen molar-refractivity contribution in [1.29, 1.82) is 0 Å². The summed E-state index contributed by atoms with van der Waals surface area (Å²) in [5.41, 5.74) is 2.54. The number of aromatic nitrogens is 3. The monoisotopic (exact) mass is 442 g/mol. The Kier molecular flexibility index (Phi) is 5.77. The number of thioether (sulfide) groups is 1. The average Bonchev–Trinajstić information content (AvgIpc) is 3.07. The molecule has 1 N–H and O–H groups in total. The summed E-state index contributed by atoms with van der Waals surface area (Å²) in [6, 6.07) is 5.50. The summed E-state index contributed by atoms with van der Waals surface area (Å²) in [6.45, 7) is 10.3. The zero-order valence-electron chi connectivity index (χ0n) is 19.0. The summed E-state index contributed by atoms with van der Waals surface area (Å²) in [4.78, 5) is 18.0. The highest BCUT2D eigenvalue weighted by Gasteiger charge is 2.42. The number of carbonyl (C=O) groups is 1. The van der Waals surface area contributed by atoms with E-state index >= 15 is 0 Å². The van der Waals surface area contributed by atoms with Crippen LogP contribution in [0.15, 0.2) is 34.6 Å². The first kappa shape index (κ1) is 21.7. The number of rotatable bonds is 6. The lowest BCUT2D eigenvalue weighted by Crippen LogP contribution is -2.36. The van der Waals surface area contributed by atoms with Gasteiger partial charge in [0.15, 0.2) is 17.3 Å². The van der Waals surface area contributed by atoms with E-state index in [1.54, 1.807) is 18.9 Å². The smallest absolute Gasteiger partial charge is 0.227 e. The lowest BCUT2D eigenvalue weighted by Gasteiger charge is -2.38. The average molecular weight is 443 g/mol. The minimum absolute atomic E-state index is 0.0330. The molecule has 2 aliphatic rings. The van der Waals surface area contributed by atoms with Crippen molar-refractivity contribution in [3.8, 4) is 11.5 Å². The number of hydrogen-bond acceptors (Lipinski definition) is 7. The normalized spacial score (nSPS) is 19.7. The molecule has 2 aromatic rings. The van der Waals surface area contributed by atoms with E-state index in [0.717, 1.165) is 29.0 Å². The van der Waals surface area contributed by atoms with E-state index < -0.39 is 0 Å². The van der Waals surface area contributed by atoms with E-state index in [2.05, 4.69) is 31.1 Å². The molecule has 1 aromatic carbocycles. The Hall–Kier alpha value is -2.48. The molecule has 0 bridgehead atoms. The van der Waals surface area contributed by atoms with Crippen LogP contribution in [0.5, 0.6) is 11.5 Å². The number of ether oxygens (including phenoxy) is 2. The van der Waals surface area contributed by atoms with Gasteiger partial charge >= 0.3 is 0 Å². The number of hydrogen-bond donors (Lipinski definition) is 1. The fraction of sp³-hybridized carbons (Fsp3) is 0.522. The molecule has 0 spiro atoms. The van der Waals surface area contributed by atoms with Gasteiger partial charge in [-0.3, -0.25) is 4.79 Å². The molecule has 0 saturated carbocycles. The highest BCUT2D eigenvalue weighted by molar-refractivity contribution is 7.99. The van der Waals surface area contributed by atoms with Gasteiger partial charge in [0.05, 0.1) is 13.2 Å². The Labute approximate surface area is 187 Å². The van der Waals surface area contributed by atoms with Gasteiger partial charge in [-0.25, -0.2) is 4.68 Å². The summed E-state index contributed by atoms with van der Waals surface area (Å²) in [5, 5.41) is 8.84. The molecule has 0 radical (unpaired) electrons. The van der Waals surface area contributed by atoms with Crippen LogP contribution in [0, 0.1) is 5.41 Å².